The van der Waals surface area contributed by atoms with Crippen LogP contribution in [0.15, 0.2) is 47.4 Å². The lowest BCUT2D eigenvalue weighted by atomic mass is 9.98. The molecule has 2 aromatic carbocycles. The van der Waals surface area contributed by atoms with E-state index in [0.717, 1.165) is 16.7 Å². The molecular formula is C15H12F2O2S. The molecule has 2 aromatic rings. The molecule has 0 spiro atoms. The van der Waals surface area contributed by atoms with Crippen LogP contribution in [0.2, 0.25) is 0 Å². The minimum atomic E-state index is -2.43. The van der Waals surface area contributed by atoms with E-state index in [-0.39, 0.29) is 5.56 Å². The second-order valence-corrected chi connectivity index (χ2v) is 5.30. The fourth-order valence-electron chi connectivity index (χ4n) is 1.94. The lowest BCUT2D eigenvalue weighted by Gasteiger charge is -2.08. The van der Waals surface area contributed by atoms with Crippen molar-refractivity contribution in [2.75, 3.05) is 0 Å². The van der Waals surface area contributed by atoms with E-state index in [1.54, 1.807) is 36.4 Å². The molecule has 0 aliphatic heterocycles. The average molecular weight is 294 g/mol. The predicted octanol–water partition coefficient (Wildman–Crippen LogP) is 4.67. The Morgan fingerprint density at radius 2 is 1.80 bits per heavy atom. The van der Waals surface area contributed by atoms with Crippen molar-refractivity contribution in [3.8, 4) is 11.1 Å². The molecule has 0 bridgehead atoms. The molecule has 0 unspecified atom stereocenters. The molecule has 5 heteroatoms. The smallest absolute Gasteiger partial charge is 0.335 e. The third kappa shape index (κ3) is 3.36. The van der Waals surface area contributed by atoms with E-state index in [0.29, 0.717) is 16.7 Å². The summed E-state index contributed by atoms with van der Waals surface area (Å²) in [5, 5.41) is 8.92. The number of rotatable bonds is 4. The highest BCUT2D eigenvalue weighted by molar-refractivity contribution is 7.99. The topological polar surface area (TPSA) is 37.3 Å². The first-order valence-corrected chi connectivity index (χ1v) is 6.74. The number of benzene rings is 2. The third-order valence-electron chi connectivity index (χ3n) is 2.86. The van der Waals surface area contributed by atoms with Gasteiger partial charge in [-0.1, -0.05) is 30.0 Å². The number of carbonyl (C=O) groups is 1. The van der Waals surface area contributed by atoms with Gasteiger partial charge in [-0.2, -0.15) is 8.78 Å². The van der Waals surface area contributed by atoms with Gasteiger partial charge in [0, 0.05) is 4.90 Å². The molecule has 0 saturated heterocycles. The van der Waals surface area contributed by atoms with Gasteiger partial charge in [0.1, 0.15) is 0 Å². The Labute approximate surface area is 119 Å². The van der Waals surface area contributed by atoms with E-state index in [9.17, 15) is 13.6 Å². The molecule has 0 atom stereocenters. The van der Waals surface area contributed by atoms with Gasteiger partial charge in [-0.25, -0.2) is 4.79 Å². The Balaban J connectivity index is 2.30. The van der Waals surface area contributed by atoms with Crippen LogP contribution in [0.5, 0.6) is 0 Å². The summed E-state index contributed by atoms with van der Waals surface area (Å²) in [5.41, 5.74) is 2.83. The summed E-state index contributed by atoms with van der Waals surface area (Å²) >= 11 is 0.502. The molecular weight excluding hydrogens is 282 g/mol. The van der Waals surface area contributed by atoms with Crippen molar-refractivity contribution < 1.29 is 18.7 Å². The Kier molecular flexibility index (Phi) is 4.39. The lowest BCUT2D eigenvalue weighted by Crippen LogP contribution is -1.97. The summed E-state index contributed by atoms with van der Waals surface area (Å²) in [7, 11) is 0. The highest BCUT2D eigenvalue weighted by Gasteiger charge is 2.08. The molecule has 0 aliphatic carbocycles. The van der Waals surface area contributed by atoms with Crippen molar-refractivity contribution >= 4 is 17.7 Å². The van der Waals surface area contributed by atoms with Gasteiger partial charge in [0.05, 0.1) is 5.56 Å². The van der Waals surface area contributed by atoms with Crippen LogP contribution in [0.1, 0.15) is 15.9 Å². The van der Waals surface area contributed by atoms with Crippen molar-refractivity contribution in [3.05, 3.63) is 53.6 Å². The van der Waals surface area contributed by atoms with E-state index >= 15 is 0 Å². The summed E-state index contributed by atoms with van der Waals surface area (Å²) in [4.78, 5) is 11.4. The maximum absolute atomic E-state index is 12.2. The van der Waals surface area contributed by atoms with Gasteiger partial charge in [-0.15, -0.1) is 0 Å². The first-order chi connectivity index (χ1) is 9.47. The monoisotopic (exact) mass is 294 g/mol. The zero-order chi connectivity index (χ0) is 14.7. The summed E-state index contributed by atoms with van der Waals surface area (Å²) < 4.78 is 24.5. The fourth-order valence-corrected chi connectivity index (χ4v) is 2.44. The van der Waals surface area contributed by atoms with Gasteiger partial charge in [-0.05, 0) is 47.9 Å². The molecule has 0 fully saturated rings. The summed E-state index contributed by atoms with van der Waals surface area (Å²) in [6.45, 7) is 1.82. The van der Waals surface area contributed by atoms with Crippen LogP contribution in [0.25, 0.3) is 11.1 Å². The molecule has 0 aliphatic rings. The molecule has 0 radical (unpaired) electrons. The zero-order valence-electron chi connectivity index (χ0n) is 10.6. The summed E-state index contributed by atoms with van der Waals surface area (Å²) in [6.07, 6.45) is 0. The van der Waals surface area contributed by atoms with Gasteiger partial charge in [0.15, 0.2) is 0 Å². The number of aryl methyl sites for hydroxylation is 1. The van der Waals surface area contributed by atoms with Crippen LogP contribution < -0.4 is 0 Å². The Morgan fingerprint density at radius 3 is 2.30 bits per heavy atom. The summed E-state index contributed by atoms with van der Waals surface area (Å²) in [5.74, 6) is -3.40. The molecule has 0 aromatic heterocycles. The molecule has 2 rings (SSSR count). The quantitative estimate of drug-likeness (QED) is 0.832. The van der Waals surface area contributed by atoms with E-state index in [1.165, 1.54) is 6.07 Å². The highest BCUT2D eigenvalue weighted by Crippen LogP contribution is 2.29. The van der Waals surface area contributed by atoms with Gasteiger partial charge >= 0.3 is 5.97 Å². The minimum absolute atomic E-state index is 0.233. The number of halogens is 2. The molecule has 0 amide bonds. The van der Waals surface area contributed by atoms with Crippen LogP contribution in [0, 0.1) is 6.92 Å². The first kappa shape index (κ1) is 14.5. The highest BCUT2D eigenvalue weighted by atomic mass is 32.2. The minimum Gasteiger partial charge on any atom is -0.478 e. The standard InChI is InChI=1S/C15H12F2O2S/c1-9-8-11(14(18)19)4-7-13(9)10-2-5-12(6-3-10)20-15(16)17/h2-8,15H,1H3,(H,18,19). The number of carboxylic acids is 1. The van der Waals surface area contributed by atoms with E-state index in [1.807, 2.05) is 6.92 Å². The third-order valence-corrected chi connectivity index (χ3v) is 3.59. The van der Waals surface area contributed by atoms with Crippen molar-refractivity contribution in [3.63, 3.8) is 0 Å². The summed E-state index contributed by atoms with van der Waals surface area (Å²) in [6, 6.07) is 11.6. The van der Waals surface area contributed by atoms with Gasteiger partial charge in [0.2, 0.25) is 0 Å². The van der Waals surface area contributed by atoms with Crippen LogP contribution >= 0.6 is 11.8 Å². The average Bonchev–Trinajstić information content (AvgIpc) is 2.39. The predicted molar refractivity (Wildman–Crippen MR) is 75.4 cm³/mol. The SMILES string of the molecule is Cc1cc(C(=O)O)ccc1-c1ccc(SC(F)F)cc1. The van der Waals surface area contributed by atoms with Gasteiger partial charge < -0.3 is 5.11 Å². The normalized spacial score (nSPS) is 10.8. The second-order valence-electron chi connectivity index (χ2n) is 4.24. The maximum atomic E-state index is 12.2. The van der Waals surface area contributed by atoms with Crippen molar-refractivity contribution in [1.82, 2.24) is 0 Å². The van der Waals surface area contributed by atoms with E-state index in [4.69, 9.17) is 5.11 Å². The van der Waals surface area contributed by atoms with E-state index < -0.39 is 11.7 Å². The molecule has 1 N–H and O–H groups in total. The van der Waals surface area contributed by atoms with Crippen molar-refractivity contribution in [2.45, 2.75) is 17.6 Å². The molecule has 2 nitrogen and oxygen atoms in total. The van der Waals surface area contributed by atoms with E-state index in [2.05, 4.69) is 0 Å². The van der Waals surface area contributed by atoms with Crippen LogP contribution in [0.3, 0.4) is 0 Å². The van der Waals surface area contributed by atoms with Gasteiger partial charge in [0.25, 0.3) is 5.76 Å². The first-order valence-electron chi connectivity index (χ1n) is 5.86. The zero-order valence-corrected chi connectivity index (χ0v) is 11.5. The molecule has 104 valence electrons. The van der Waals surface area contributed by atoms with Crippen LogP contribution in [-0.2, 0) is 0 Å². The Hall–Kier alpha value is -1.88. The number of carboxylic acid groups (broad SMARTS) is 1. The van der Waals surface area contributed by atoms with Crippen LogP contribution in [0.4, 0.5) is 8.78 Å². The van der Waals surface area contributed by atoms with Crippen molar-refractivity contribution in [2.24, 2.45) is 0 Å². The maximum Gasteiger partial charge on any atom is 0.335 e. The Morgan fingerprint density at radius 1 is 1.15 bits per heavy atom. The molecule has 0 saturated carbocycles. The number of hydrogen-bond acceptors (Lipinski definition) is 2. The largest absolute Gasteiger partial charge is 0.478 e. The number of thioether (sulfide) groups is 1. The van der Waals surface area contributed by atoms with Crippen LogP contribution in [-0.4, -0.2) is 16.8 Å². The number of alkyl halides is 2. The second kappa shape index (κ2) is 6.05. The Bertz CT molecular complexity index is 624. The van der Waals surface area contributed by atoms with Crippen molar-refractivity contribution in [1.29, 1.82) is 0 Å². The van der Waals surface area contributed by atoms with Gasteiger partial charge in [-0.3, -0.25) is 0 Å². The molecule has 0 heterocycles. The lowest BCUT2D eigenvalue weighted by molar-refractivity contribution is 0.0697. The number of hydrogen-bond donors (Lipinski definition) is 1. The number of aromatic carboxylic acids is 1. The fraction of sp³-hybridized carbons (Fsp3) is 0.133. The molecule has 20 heavy (non-hydrogen) atoms.